The van der Waals surface area contributed by atoms with Crippen molar-refractivity contribution in [3.05, 3.63) is 47.0 Å². The van der Waals surface area contributed by atoms with Crippen LogP contribution in [0.1, 0.15) is 17.3 Å². The molecule has 3 rings (SSSR count). The first-order valence-corrected chi connectivity index (χ1v) is 10.7. The Bertz CT molecular complexity index is 1170. The second-order valence-corrected chi connectivity index (χ2v) is 9.18. The summed E-state index contributed by atoms with van der Waals surface area (Å²) in [5.41, 5.74) is 1.45. The first kappa shape index (κ1) is 19.3. The number of rotatable bonds is 4. The Kier molecular flexibility index (Phi) is 5.18. The van der Waals surface area contributed by atoms with Crippen molar-refractivity contribution in [1.29, 1.82) is 0 Å². The van der Waals surface area contributed by atoms with E-state index >= 15 is 0 Å². The van der Waals surface area contributed by atoms with E-state index in [4.69, 9.17) is 11.6 Å². The van der Waals surface area contributed by atoms with Gasteiger partial charge in [-0.05, 0) is 36.4 Å². The van der Waals surface area contributed by atoms with Gasteiger partial charge in [-0.3, -0.25) is 14.9 Å². The van der Waals surface area contributed by atoms with Crippen LogP contribution in [0.2, 0.25) is 5.02 Å². The first-order valence-electron chi connectivity index (χ1n) is 7.62. The first-order chi connectivity index (χ1) is 12.6. The second-order valence-electron chi connectivity index (χ2n) is 5.75. The van der Waals surface area contributed by atoms with Crippen molar-refractivity contribution in [3.63, 3.8) is 0 Å². The molecular formula is C17H14ClN3O4S2. The molecule has 2 N–H and O–H groups in total. The number of anilines is 2. The Labute approximate surface area is 164 Å². The van der Waals surface area contributed by atoms with E-state index in [0.29, 0.717) is 16.3 Å². The fourth-order valence-corrected chi connectivity index (χ4v) is 4.56. The summed E-state index contributed by atoms with van der Waals surface area (Å²) in [6.07, 6.45) is 1.02. The van der Waals surface area contributed by atoms with Gasteiger partial charge in [-0.2, -0.15) is 0 Å². The summed E-state index contributed by atoms with van der Waals surface area (Å²) in [5, 5.41) is 5.74. The molecule has 0 aliphatic rings. The fraction of sp³-hybridized carbons (Fsp3) is 0.118. The summed E-state index contributed by atoms with van der Waals surface area (Å²) >= 11 is 7.13. The van der Waals surface area contributed by atoms with Crippen molar-refractivity contribution in [3.8, 4) is 0 Å². The average molecular weight is 424 g/mol. The molecule has 7 nitrogen and oxygen atoms in total. The van der Waals surface area contributed by atoms with E-state index in [-0.39, 0.29) is 21.4 Å². The van der Waals surface area contributed by atoms with Crippen LogP contribution in [0.25, 0.3) is 10.2 Å². The van der Waals surface area contributed by atoms with E-state index in [1.165, 1.54) is 36.5 Å². The van der Waals surface area contributed by atoms with Crippen molar-refractivity contribution in [2.45, 2.75) is 11.8 Å². The standard InChI is InChI=1S/C17H14ClN3O4S2/c1-9(22)19-11-4-6-13-14(8-11)26-17(20-13)21-16(23)10-3-5-12(18)15(7-10)27(2,24)25/h3-8H,1-2H3,(H,19,22)(H,20,21,23). The Morgan fingerprint density at radius 3 is 2.52 bits per heavy atom. The van der Waals surface area contributed by atoms with Gasteiger partial charge in [0, 0.05) is 24.4 Å². The highest BCUT2D eigenvalue weighted by molar-refractivity contribution is 7.90. The van der Waals surface area contributed by atoms with Gasteiger partial charge in [0.25, 0.3) is 5.91 Å². The van der Waals surface area contributed by atoms with E-state index < -0.39 is 15.7 Å². The number of halogens is 1. The highest BCUT2D eigenvalue weighted by Crippen LogP contribution is 2.29. The quantitative estimate of drug-likeness (QED) is 0.667. The van der Waals surface area contributed by atoms with E-state index in [9.17, 15) is 18.0 Å². The molecular weight excluding hydrogens is 410 g/mol. The van der Waals surface area contributed by atoms with Crippen LogP contribution in [-0.4, -0.2) is 31.5 Å². The summed E-state index contributed by atoms with van der Waals surface area (Å²) in [4.78, 5) is 27.8. The molecule has 10 heteroatoms. The topological polar surface area (TPSA) is 105 Å². The monoisotopic (exact) mass is 423 g/mol. The number of amides is 2. The van der Waals surface area contributed by atoms with Gasteiger partial charge in [-0.15, -0.1) is 0 Å². The number of hydrogen-bond acceptors (Lipinski definition) is 6. The summed E-state index contributed by atoms with van der Waals surface area (Å²) in [7, 11) is -3.56. The number of nitrogens with zero attached hydrogens (tertiary/aromatic N) is 1. The lowest BCUT2D eigenvalue weighted by Gasteiger charge is -2.06. The molecule has 0 atom stereocenters. The molecule has 140 valence electrons. The van der Waals surface area contributed by atoms with Gasteiger partial charge in [-0.1, -0.05) is 22.9 Å². The third-order valence-electron chi connectivity index (χ3n) is 3.52. The number of thiazole rings is 1. The van der Waals surface area contributed by atoms with Crippen molar-refractivity contribution in [1.82, 2.24) is 4.98 Å². The smallest absolute Gasteiger partial charge is 0.257 e. The highest BCUT2D eigenvalue weighted by Gasteiger charge is 2.17. The van der Waals surface area contributed by atoms with Crippen molar-refractivity contribution in [2.24, 2.45) is 0 Å². The minimum absolute atomic E-state index is 0.0551. The van der Waals surface area contributed by atoms with Crippen LogP contribution in [0, 0.1) is 0 Å². The number of benzene rings is 2. The Morgan fingerprint density at radius 2 is 1.85 bits per heavy atom. The molecule has 0 saturated heterocycles. The van der Waals surface area contributed by atoms with Gasteiger partial charge in [-0.25, -0.2) is 13.4 Å². The molecule has 2 aromatic carbocycles. The molecule has 0 radical (unpaired) electrons. The van der Waals surface area contributed by atoms with Gasteiger partial charge < -0.3 is 5.32 Å². The van der Waals surface area contributed by atoms with E-state index in [0.717, 1.165) is 11.0 Å². The van der Waals surface area contributed by atoms with E-state index in [1.807, 2.05) is 0 Å². The Hall–Kier alpha value is -2.49. The molecule has 1 heterocycles. The number of aromatic nitrogens is 1. The van der Waals surface area contributed by atoms with Crippen LogP contribution in [0.5, 0.6) is 0 Å². The van der Waals surface area contributed by atoms with Crippen molar-refractivity contribution >= 4 is 65.6 Å². The molecule has 27 heavy (non-hydrogen) atoms. The zero-order chi connectivity index (χ0) is 19.8. The highest BCUT2D eigenvalue weighted by atomic mass is 35.5. The van der Waals surface area contributed by atoms with Gasteiger partial charge in [0.2, 0.25) is 5.91 Å². The minimum atomic E-state index is -3.56. The lowest BCUT2D eigenvalue weighted by Crippen LogP contribution is -2.12. The van der Waals surface area contributed by atoms with Gasteiger partial charge >= 0.3 is 0 Å². The largest absolute Gasteiger partial charge is 0.326 e. The van der Waals surface area contributed by atoms with Crippen LogP contribution in [-0.2, 0) is 14.6 Å². The third kappa shape index (κ3) is 4.44. The number of sulfone groups is 1. The maximum atomic E-state index is 12.5. The summed E-state index contributed by atoms with van der Waals surface area (Å²) < 4.78 is 24.3. The zero-order valence-corrected chi connectivity index (χ0v) is 16.6. The maximum absolute atomic E-state index is 12.5. The number of fused-ring (bicyclic) bond motifs is 1. The zero-order valence-electron chi connectivity index (χ0n) is 14.2. The summed E-state index contributed by atoms with van der Waals surface area (Å²) in [6, 6.07) is 9.24. The Morgan fingerprint density at radius 1 is 1.11 bits per heavy atom. The van der Waals surface area contributed by atoms with Gasteiger partial charge in [0.15, 0.2) is 15.0 Å². The molecule has 0 fully saturated rings. The average Bonchev–Trinajstić information content (AvgIpc) is 2.94. The molecule has 2 amide bonds. The molecule has 3 aromatic rings. The van der Waals surface area contributed by atoms with E-state index in [1.54, 1.807) is 18.2 Å². The fourth-order valence-electron chi connectivity index (χ4n) is 2.36. The SMILES string of the molecule is CC(=O)Nc1ccc2nc(NC(=O)c3ccc(Cl)c(S(C)(=O)=O)c3)sc2c1. The molecule has 0 saturated carbocycles. The van der Waals surface area contributed by atoms with Crippen LogP contribution in [0.4, 0.5) is 10.8 Å². The normalized spacial score (nSPS) is 11.4. The second kappa shape index (κ2) is 7.26. The lowest BCUT2D eigenvalue weighted by molar-refractivity contribution is -0.114. The van der Waals surface area contributed by atoms with Crippen LogP contribution in [0.3, 0.4) is 0 Å². The van der Waals surface area contributed by atoms with Crippen LogP contribution in [0.15, 0.2) is 41.3 Å². The molecule has 0 aliphatic heterocycles. The lowest BCUT2D eigenvalue weighted by atomic mass is 10.2. The number of carbonyl (C=O) groups is 2. The number of hydrogen-bond donors (Lipinski definition) is 2. The Balaban J connectivity index is 1.87. The predicted octanol–water partition coefficient (Wildman–Crippen LogP) is 3.56. The molecule has 0 spiro atoms. The summed E-state index contributed by atoms with van der Waals surface area (Å²) in [6.45, 7) is 1.42. The number of carbonyl (C=O) groups excluding carboxylic acids is 2. The molecule has 1 aromatic heterocycles. The van der Waals surface area contributed by atoms with Crippen molar-refractivity contribution < 1.29 is 18.0 Å². The van der Waals surface area contributed by atoms with Gasteiger partial charge in [0.05, 0.1) is 20.1 Å². The van der Waals surface area contributed by atoms with E-state index in [2.05, 4.69) is 15.6 Å². The molecule has 0 unspecified atom stereocenters. The number of nitrogens with one attached hydrogen (secondary N) is 2. The van der Waals surface area contributed by atoms with Crippen molar-refractivity contribution in [2.75, 3.05) is 16.9 Å². The van der Waals surface area contributed by atoms with Crippen LogP contribution >= 0.6 is 22.9 Å². The van der Waals surface area contributed by atoms with Gasteiger partial charge in [0.1, 0.15) is 0 Å². The third-order valence-corrected chi connectivity index (χ3v) is 6.03. The predicted molar refractivity (Wildman–Crippen MR) is 106 cm³/mol. The molecule has 0 aliphatic carbocycles. The molecule has 0 bridgehead atoms. The maximum Gasteiger partial charge on any atom is 0.257 e. The summed E-state index contributed by atoms with van der Waals surface area (Å²) in [5.74, 6) is -0.686. The van der Waals surface area contributed by atoms with Crippen LogP contribution < -0.4 is 10.6 Å². The minimum Gasteiger partial charge on any atom is -0.326 e.